The van der Waals surface area contributed by atoms with Gasteiger partial charge in [0.1, 0.15) is 5.75 Å². The van der Waals surface area contributed by atoms with Crippen molar-refractivity contribution in [3.63, 3.8) is 0 Å². The largest absolute Gasteiger partial charge is 0.497 e. The van der Waals surface area contributed by atoms with E-state index >= 15 is 0 Å². The number of rotatable bonds is 5. The maximum Gasteiger partial charge on any atom is 0.244 e. The van der Waals surface area contributed by atoms with Crippen LogP contribution in [0.25, 0.3) is 6.08 Å². The van der Waals surface area contributed by atoms with Crippen LogP contribution in [0.5, 0.6) is 5.75 Å². The first-order valence-electron chi connectivity index (χ1n) is 5.73. The lowest BCUT2D eigenvalue weighted by Gasteiger charge is -2.16. The van der Waals surface area contributed by atoms with Gasteiger partial charge in [0.25, 0.3) is 0 Å². The molecule has 18 heavy (non-hydrogen) atoms. The minimum Gasteiger partial charge on any atom is -0.497 e. The van der Waals surface area contributed by atoms with Gasteiger partial charge >= 0.3 is 0 Å². The molecule has 0 saturated heterocycles. The van der Waals surface area contributed by atoms with Gasteiger partial charge in [-0.25, -0.2) is 0 Å². The Morgan fingerprint density at radius 3 is 2.83 bits per heavy atom. The van der Waals surface area contributed by atoms with Crippen LogP contribution in [0, 0.1) is 0 Å². The van der Waals surface area contributed by atoms with E-state index in [1.165, 1.54) is 6.08 Å². The Bertz CT molecular complexity index is 433. The number of carbonyl (C=O) groups is 1. The van der Waals surface area contributed by atoms with Crippen LogP contribution < -0.4 is 10.1 Å². The average molecular weight is 249 g/mol. The fourth-order valence-corrected chi connectivity index (χ4v) is 1.28. The Hall–Kier alpha value is -1.81. The van der Waals surface area contributed by atoms with Crippen molar-refractivity contribution in [3.8, 4) is 5.75 Å². The maximum absolute atomic E-state index is 11.5. The molecule has 1 aromatic carbocycles. The first kappa shape index (κ1) is 14.3. The van der Waals surface area contributed by atoms with Gasteiger partial charge < -0.3 is 15.2 Å². The van der Waals surface area contributed by atoms with E-state index in [0.29, 0.717) is 0 Å². The average Bonchev–Trinajstić information content (AvgIpc) is 2.33. The number of nitrogens with one attached hydrogen (secondary N) is 1. The van der Waals surface area contributed by atoms with Gasteiger partial charge in [-0.15, -0.1) is 0 Å². The Labute approximate surface area is 107 Å². The predicted octanol–water partition coefficient (Wildman–Crippen LogP) is 1.60. The molecule has 0 unspecified atom stereocenters. The van der Waals surface area contributed by atoms with Crippen LogP contribution in [0.2, 0.25) is 0 Å². The molecule has 0 aliphatic carbocycles. The molecule has 0 aromatic heterocycles. The van der Waals surface area contributed by atoms with Crippen molar-refractivity contribution in [2.75, 3.05) is 13.7 Å². The molecular formula is C14H19NO3. The van der Waals surface area contributed by atoms with Crippen LogP contribution in [0.3, 0.4) is 0 Å². The van der Waals surface area contributed by atoms with E-state index < -0.39 is 5.60 Å². The molecule has 0 atom stereocenters. The highest BCUT2D eigenvalue weighted by Crippen LogP contribution is 2.13. The molecule has 2 N–H and O–H groups in total. The summed E-state index contributed by atoms with van der Waals surface area (Å²) in [5.74, 6) is 0.508. The van der Waals surface area contributed by atoms with E-state index in [4.69, 9.17) is 4.74 Å². The number of carbonyl (C=O) groups excluding carboxylic acids is 1. The molecule has 0 fully saturated rings. The lowest BCUT2D eigenvalue weighted by molar-refractivity contribution is -0.117. The van der Waals surface area contributed by atoms with E-state index in [9.17, 15) is 9.90 Å². The molecule has 0 aliphatic rings. The topological polar surface area (TPSA) is 58.6 Å². The number of ether oxygens (including phenoxy) is 1. The quantitative estimate of drug-likeness (QED) is 0.779. The summed E-state index contributed by atoms with van der Waals surface area (Å²) >= 11 is 0. The molecule has 1 aromatic rings. The highest BCUT2D eigenvalue weighted by Gasteiger charge is 2.12. The zero-order valence-corrected chi connectivity index (χ0v) is 10.9. The lowest BCUT2D eigenvalue weighted by atomic mass is 10.1. The number of hydrogen-bond donors (Lipinski definition) is 2. The van der Waals surface area contributed by atoms with Gasteiger partial charge in [-0.2, -0.15) is 0 Å². The van der Waals surface area contributed by atoms with E-state index in [1.807, 2.05) is 24.3 Å². The van der Waals surface area contributed by atoms with Crippen LogP contribution in [0.15, 0.2) is 30.3 Å². The molecule has 0 saturated carbocycles. The number of hydrogen-bond acceptors (Lipinski definition) is 3. The fourth-order valence-electron chi connectivity index (χ4n) is 1.28. The summed E-state index contributed by atoms with van der Waals surface area (Å²) in [6.07, 6.45) is 3.13. The molecule has 1 rings (SSSR count). The molecule has 0 radical (unpaired) electrons. The smallest absolute Gasteiger partial charge is 0.244 e. The second-order valence-electron chi connectivity index (χ2n) is 4.64. The third-order valence-corrected chi connectivity index (χ3v) is 2.22. The Balaban J connectivity index is 2.55. The number of aliphatic hydroxyl groups is 1. The summed E-state index contributed by atoms with van der Waals surface area (Å²) in [6.45, 7) is 3.49. The molecular weight excluding hydrogens is 230 g/mol. The first-order valence-corrected chi connectivity index (χ1v) is 5.73. The number of methoxy groups -OCH3 is 1. The van der Waals surface area contributed by atoms with Crippen molar-refractivity contribution in [1.29, 1.82) is 0 Å². The zero-order chi connectivity index (χ0) is 13.6. The first-order chi connectivity index (χ1) is 8.40. The lowest BCUT2D eigenvalue weighted by Crippen LogP contribution is -2.37. The van der Waals surface area contributed by atoms with Gasteiger partial charge in [0, 0.05) is 12.6 Å². The van der Waals surface area contributed by atoms with Crippen LogP contribution in [-0.2, 0) is 4.79 Å². The van der Waals surface area contributed by atoms with Crippen LogP contribution in [0.1, 0.15) is 19.4 Å². The minimum absolute atomic E-state index is 0.217. The highest BCUT2D eigenvalue weighted by atomic mass is 16.5. The van der Waals surface area contributed by atoms with E-state index in [2.05, 4.69) is 5.32 Å². The Kier molecular flexibility index (Phi) is 4.92. The summed E-state index contributed by atoms with van der Waals surface area (Å²) in [6, 6.07) is 7.40. The van der Waals surface area contributed by atoms with Crippen LogP contribution >= 0.6 is 0 Å². The van der Waals surface area contributed by atoms with E-state index in [1.54, 1.807) is 27.0 Å². The van der Waals surface area contributed by atoms with Crippen molar-refractivity contribution < 1.29 is 14.6 Å². The van der Waals surface area contributed by atoms with Crippen molar-refractivity contribution in [2.45, 2.75) is 19.4 Å². The zero-order valence-electron chi connectivity index (χ0n) is 10.9. The standard InChI is InChI=1S/C14H19NO3/c1-14(2,17)10-15-13(16)8-7-11-5-4-6-12(9-11)18-3/h4-9,17H,10H2,1-3H3,(H,15,16). The van der Waals surface area contributed by atoms with E-state index in [0.717, 1.165) is 11.3 Å². The summed E-state index contributed by atoms with van der Waals surface area (Å²) in [4.78, 5) is 11.5. The summed E-state index contributed by atoms with van der Waals surface area (Å²) < 4.78 is 5.09. The second-order valence-corrected chi connectivity index (χ2v) is 4.64. The van der Waals surface area contributed by atoms with Crippen molar-refractivity contribution >= 4 is 12.0 Å². The summed E-state index contributed by atoms with van der Waals surface area (Å²) in [5, 5.41) is 12.1. The van der Waals surface area contributed by atoms with Gasteiger partial charge in [-0.1, -0.05) is 12.1 Å². The molecule has 98 valence electrons. The fraction of sp³-hybridized carbons (Fsp3) is 0.357. The molecule has 1 amide bonds. The summed E-state index contributed by atoms with van der Waals surface area (Å²) in [7, 11) is 1.60. The van der Waals surface area contributed by atoms with Crippen molar-refractivity contribution in [1.82, 2.24) is 5.32 Å². The number of benzene rings is 1. The molecule has 0 heterocycles. The normalized spacial score (nSPS) is 11.6. The maximum atomic E-state index is 11.5. The third-order valence-electron chi connectivity index (χ3n) is 2.22. The molecule has 0 bridgehead atoms. The van der Waals surface area contributed by atoms with Crippen molar-refractivity contribution in [2.24, 2.45) is 0 Å². The second kappa shape index (κ2) is 6.21. The summed E-state index contributed by atoms with van der Waals surface area (Å²) in [5.41, 5.74) is -0.0211. The number of amides is 1. The monoisotopic (exact) mass is 249 g/mol. The highest BCUT2D eigenvalue weighted by molar-refractivity contribution is 5.91. The van der Waals surface area contributed by atoms with Crippen LogP contribution in [-0.4, -0.2) is 30.3 Å². The third kappa shape index (κ3) is 5.50. The molecule has 4 nitrogen and oxygen atoms in total. The van der Waals surface area contributed by atoms with Gasteiger partial charge in [0.15, 0.2) is 0 Å². The Morgan fingerprint density at radius 1 is 1.50 bits per heavy atom. The van der Waals surface area contributed by atoms with Gasteiger partial charge in [-0.05, 0) is 37.6 Å². The molecule has 0 spiro atoms. The Morgan fingerprint density at radius 2 is 2.22 bits per heavy atom. The predicted molar refractivity (Wildman–Crippen MR) is 71.3 cm³/mol. The van der Waals surface area contributed by atoms with Crippen LogP contribution in [0.4, 0.5) is 0 Å². The van der Waals surface area contributed by atoms with Gasteiger partial charge in [0.2, 0.25) is 5.91 Å². The SMILES string of the molecule is COc1cccc(C=CC(=O)NCC(C)(C)O)c1. The van der Waals surface area contributed by atoms with Crippen molar-refractivity contribution in [3.05, 3.63) is 35.9 Å². The van der Waals surface area contributed by atoms with Gasteiger partial charge in [0.05, 0.1) is 12.7 Å². The van der Waals surface area contributed by atoms with Gasteiger partial charge in [-0.3, -0.25) is 4.79 Å². The minimum atomic E-state index is -0.903. The molecule has 0 aliphatic heterocycles. The van der Waals surface area contributed by atoms with E-state index in [-0.39, 0.29) is 12.5 Å². The molecule has 4 heteroatoms.